The highest BCUT2D eigenvalue weighted by Crippen LogP contribution is 2.28. The summed E-state index contributed by atoms with van der Waals surface area (Å²) in [6.45, 7) is 1.74. The molecule has 0 saturated carbocycles. The lowest BCUT2D eigenvalue weighted by Crippen LogP contribution is -2.15. The van der Waals surface area contributed by atoms with Crippen LogP contribution in [0.1, 0.15) is 16.2 Å². The summed E-state index contributed by atoms with van der Waals surface area (Å²) in [7, 11) is 1.54. The molecule has 0 bridgehead atoms. The number of anilines is 1. The first-order valence-corrected chi connectivity index (χ1v) is 7.20. The Morgan fingerprint density at radius 3 is 2.91 bits per heavy atom. The largest absolute Gasteiger partial charge is 0.506 e. The smallest absolute Gasteiger partial charge is 0.274 e. The van der Waals surface area contributed by atoms with Crippen LogP contribution in [0.4, 0.5) is 5.69 Å². The predicted molar refractivity (Wildman–Crippen MR) is 87.6 cm³/mol. The van der Waals surface area contributed by atoms with E-state index in [-0.39, 0.29) is 11.4 Å². The number of aromatic hydroxyl groups is 1. The number of carbonyl (C=O) groups is 1. The van der Waals surface area contributed by atoms with Gasteiger partial charge in [-0.3, -0.25) is 9.20 Å². The first-order valence-electron chi connectivity index (χ1n) is 6.83. The number of aryl methyl sites for hydroxylation is 1. The number of rotatable bonds is 3. The minimum absolute atomic E-state index is 0.0631. The van der Waals surface area contributed by atoms with Crippen LogP contribution in [0.15, 0.2) is 36.5 Å². The minimum atomic E-state index is -0.402. The molecule has 0 saturated heterocycles. The van der Waals surface area contributed by atoms with Crippen molar-refractivity contribution in [1.82, 2.24) is 9.38 Å². The number of pyridine rings is 1. The number of halogens is 1. The number of carbonyl (C=O) groups excluding carboxylic acids is 1. The number of nitrogens with one attached hydrogen (secondary N) is 1. The van der Waals surface area contributed by atoms with Crippen molar-refractivity contribution >= 4 is 28.8 Å². The van der Waals surface area contributed by atoms with Gasteiger partial charge in [-0.25, -0.2) is 4.98 Å². The lowest BCUT2D eigenvalue weighted by molar-refractivity contribution is 0.102. The molecule has 2 aromatic heterocycles. The first-order chi connectivity index (χ1) is 11.0. The van der Waals surface area contributed by atoms with E-state index in [1.54, 1.807) is 36.8 Å². The van der Waals surface area contributed by atoms with E-state index in [9.17, 15) is 9.90 Å². The van der Waals surface area contributed by atoms with Crippen molar-refractivity contribution in [2.24, 2.45) is 0 Å². The Labute approximate surface area is 137 Å². The maximum absolute atomic E-state index is 12.6. The van der Waals surface area contributed by atoms with Gasteiger partial charge in [-0.2, -0.15) is 0 Å². The van der Waals surface area contributed by atoms with Crippen LogP contribution in [-0.4, -0.2) is 27.5 Å². The highest BCUT2D eigenvalue weighted by molar-refractivity contribution is 6.31. The number of benzene rings is 1. The van der Waals surface area contributed by atoms with Crippen molar-refractivity contribution in [3.63, 3.8) is 0 Å². The van der Waals surface area contributed by atoms with Crippen LogP contribution in [0.3, 0.4) is 0 Å². The number of methoxy groups -OCH3 is 1. The first kappa shape index (κ1) is 15.2. The van der Waals surface area contributed by atoms with Crippen LogP contribution >= 0.6 is 11.6 Å². The number of nitrogens with zero attached hydrogens (tertiary/aromatic N) is 2. The van der Waals surface area contributed by atoms with Gasteiger partial charge in [0, 0.05) is 11.2 Å². The molecular formula is C16H14ClN3O3. The van der Waals surface area contributed by atoms with Gasteiger partial charge in [-0.15, -0.1) is 0 Å². The third-order valence-corrected chi connectivity index (χ3v) is 3.67. The van der Waals surface area contributed by atoms with Crippen molar-refractivity contribution < 1.29 is 14.6 Å². The molecule has 0 aliphatic rings. The van der Waals surface area contributed by atoms with Crippen molar-refractivity contribution in [3.05, 3.63) is 52.9 Å². The normalized spacial score (nSPS) is 10.7. The van der Waals surface area contributed by atoms with Crippen molar-refractivity contribution in [1.29, 1.82) is 0 Å². The fraction of sp³-hybridized carbons (Fsp3) is 0.125. The Kier molecular flexibility index (Phi) is 3.83. The average molecular weight is 332 g/mol. The average Bonchev–Trinajstić information content (AvgIpc) is 2.86. The van der Waals surface area contributed by atoms with Gasteiger partial charge in [-0.05, 0) is 37.3 Å². The quantitative estimate of drug-likeness (QED) is 0.722. The fourth-order valence-electron chi connectivity index (χ4n) is 2.38. The number of phenolic OH excluding ortho intramolecular Hbond substituents is 1. The number of aromatic nitrogens is 2. The summed E-state index contributed by atoms with van der Waals surface area (Å²) >= 11 is 5.89. The number of imidazole rings is 1. The third-order valence-electron chi connectivity index (χ3n) is 3.43. The minimum Gasteiger partial charge on any atom is -0.506 e. The molecule has 1 aromatic carbocycles. The summed E-state index contributed by atoms with van der Waals surface area (Å²) in [4.78, 5) is 17.0. The van der Waals surface area contributed by atoms with Crippen LogP contribution in [-0.2, 0) is 0 Å². The Balaban J connectivity index is 2.04. The highest BCUT2D eigenvalue weighted by Gasteiger charge is 2.19. The predicted octanol–water partition coefficient (Wildman–Crippen LogP) is 3.26. The Hall–Kier alpha value is -2.73. The molecule has 2 N–H and O–H groups in total. The topological polar surface area (TPSA) is 75.9 Å². The zero-order chi connectivity index (χ0) is 16.6. The summed E-state index contributed by atoms with van der Waals surface area (Å²) in [5.41, 5.74) is 1.69. The van der Waals surface area contributed by atoms with Gasteiger partial charge in [0.1, 0.15) is 11.4 Å². The second kappa shape index (κ2) is 5.81. The van der Waals surface area contributed by atoms with Crippen LogP contribution in [0.5, 0.6) is 11.5 Å². The van der Waals surface area contributed by atoms with Gasteiger partial charge in [0.15, 0.2) is 11.4 Å². The Morgan fingerprint density at radius 2 is 2.17 bits per heavy atom. The molecule has 6 nitrogen and oxygen atoms in total. The molecule has 0 atom stereocenters. The molecule has 23 heavy (non-hydrogen) atoms. The molecule has 1 amide bonds. The summed E-state index contributed by atoms with van der Waals surface area (Å²) in [6, 6.07) is 7.97. The fourth-order valence-corrected chi connectivity index (χ4v) is 2.55. The number of phenols is 1. The van der Waals surface area contributed by atoms with Crippen LogP contribution in [0.2, 0.25) is 5.02 Å². The number of hydrogen-bond donors (Lipinski definition) is 2. The van der Waals surface area contributed by atoms with Crippen molar-refractivity contribution in [3.8, 4) is 11.5 Å². The van der Waals surface area contributed by atoms with E-state index in [4.69, 9.17) is 16.3 Å². The number of fused-ring (bicyclic) bond motifs is 1. The van der Waals surface area contributed by atoms with E-state index in [1.807, 2.05) is 0 Å². The maximum Gasteiger partial charge on any atom is 0.274 e. The molecule has 0 aliphatic heterocycles. The zero-order valence-corrected chi connectivity index (χ0v) is 13.3. The molecule has 3 aromatic rings. The van der Waals surface area contributed by atoms with Gasteiger partial charge < -0.3 is 15.2 Å². The van der Waals surface area contributed by atoms with E-state index in [0.29, 0.717) is 27.8 Å². The Bertz CT molecular complexity index is 905. The molecule has 0 unspecified atom stereocenters. The molecule has 3 rings (SSSR count). The van der Waals surface area contributed by atoms with Crippen LogP contribution in [0, 0.1) is 6.92 Å². The lowest BCUT2D eigenvalue weighted by Gasteiger charge is -2.08. The van der Waals surface area contributed by atoms with Gasteiger partial charge in [0.25, 0.3) is 5.91 Å². The molecule has 118 valence electrons. The second-order valence-corrected chi connectivity index (χ2v) is 5.37. The van der Waals surface area contributed by atoms with E-state index in [1.165, 1.54) is 18.2 Å². The molecule has 0 radical (unpaired) electrons. The molecule has 2 heterocycles. The van der Waals surface area contributed by atoms with Crippen LogP contribution in [0.25, 0.3) is 5.65 Å². The van der Waals surface area contributed by atoms with E-state index in [2.05, 4.69) is 10.3 Å². The van der Waals surface area contributed by atoms with Gasteiger partial charge in [0.05, 0.1) is 18.5 Å². The maximum atomic E-state index is 12.6. The Morgan fingerprint density at radius 1 is 1.39 bits per heavy atom. The van der Waals surface area contributed by atoms with Gasteiger partial charge >= 0.3 is 0 Å². The van der Waals surface area contributed by atoms with Crippen molar-refractivity contribution in [2.75, 3.05) is 12.4 Å². The standard InChI is InChI=1S/C16H14ClN3O3/c1-9-14(20-7-3-4-13(23-2)15(20)18-9)16(22)19-11-8-10(17)5-6-12(11)21/h3-8,21H,1-2H3,(H,19,22). The van der Waals surface area contributed by atoms with E-state index < -0.39 is 5.91 Å². The van der Waals surface area contributed by atoms with Gasteiger partial charge in [0.2, 0.25) is 0 Å². The summed E-state index contributed by atoms with van der Waals surface area (Å²) in [5, 5.41) is 12.9. The molecule has 0 fully saturated rings. The summed E-state index contributed by atoms with van der Waals surface area (Å²) in [5.74, 6) is 0.105. The zero-order valence-electron chi connectivity index (χ0n) is 12.5. The summed E-state index contributed by atoms with van der Waals surface area (Å²) in [6.07, 6.45) is 1.73. The van der Waals surface area contributed by atoms with Gasteiger partial charge in [-0.1, -0.05) is 11.6 Å². The van der Waals surface area contributed by atoms with Crippen molar-refractivity contribution in [2.45, 2.75) is 6.92 Å². The summed E-state index contributed by atoms with van der Waals surface area (Å²) < 4.78 is 6.90. The number of amides is 1. The van der Waals surface area contributed by atoms with Crippen LogP contribution < -0.4 is 10.1 Å². The molecular weight excluding hydrogens is 318 g/mol. The lowest BCUT2D eigenvalue weighted by atomic mass is 10.2. The highest BCUT2D eigenvalue weighted by atomic mass is 35.5. The third kappa shape index (κ3) is 2.68. The van der Waals surface area contributed by atoms with E-state index >= 15 is 0 Å². The number of hydrogen-bond acceptors (Lipinski definition) is 4. The SMILES string of the molecule is COc1cccn2c(C(=O)Nc3cc(Cl)ccc3O)c(C)nc12. The number of ether oxygens (including phenoxy) is 1. The van der Waals surface area contributed by atoms with E-state index in [0.717, 1.165) is 0 Å². The molecule has 0 spiro atoms. The second-order valence-electron chi connectivity index (χ2n) is 4.93. The monoisotopic (exact) mass is 331 g/mol. The molecule has 0 aliphatic carbocycles. The molecule has 7 heteroatoms.